The molecule has 672 valence electrons. The number of aromatic nitrogens is 12. The Kier molecular flexibility index (Phi) is 33.4. The van der Waals surface area contributed by atoms with Crippen molar-refractivity contribution in [2.75, 3.05) is 0 Å². The number of hydrogen-bond acceptors (Lipinski definition) is 17. The number of nitrogens with one attached hydrogen (secondary N) is 9. The molecule has 0 amide bonds. The van der Waals surface area contributed by atoms with Crippen LogP contribution in [0, 0.1) is 62.3 Å². The van der Waals surface area contributed by atoms with E-state index in [9.17, 15) is 73.8 Å². The number of aromatic amines is 9. The Morgan fingerprint density at radius 3 is 0.629 bits per heavy atom. The number of fused-ring (bicyclic) bond motifs is 24. The van der Waals surface area contributed by atoms with Gasteiger partial charge in [0.2, 0.25) is 16.3 Å². The maximum absolute atomic E-state index is 14.0. The molecular formula is C102H109InN12Na2O15. The van der Waals surface area contributed by atoms with Gasteiger partial charge in [0.05, 0.1) is 33.6 Å². The smallest absolute Gasteiger partial charge is 0.550 e. The molecule has 0 aromatic carbocycles. The fourth-order valence-corrected chi connectivity index (χ4v) is 19.1. The van der Waals surface area contributed by atoms with Gasteiger partial charge in [0, 0.05) is 119 Å². The van der Waals surface area contributed by atoms with Crippen LogP contribution in [-0.2, 0) is 86.6 Å². The van der Waals surface area contributed by atoms with Gasteiger partial charge in [0.15, 0.2) is 0 Å². The second kappa shape index (κ2) is 42.8. The van der Waals surface area contributed by atoms with Crippen LogP contribution in [0.15, 0.2) is 69.0 Å². The van der Waals surface area contributed by atoms with E-state index in [4.69, 9.17) is 15.0 Å². The number of aryl methyl sites for hydroxylation is 18. The molecular weight excluding hydrogens is 1790 g/mol. The third kappa shape index (κ3) is 20.6. The largest absolute Gasteiger partial charge is 3.00 e. The summed E-state index contributed by atoms with van der Waals surface area (Å²) >= 11 is 0. The van der Waals surface area contributed by atoms with E-state index in [2.05, 4.69) is 51.8 Å². The number of carbonyl (C=O) groups excluding carboxylic acids is 5. The number of carboxylic acid groups (broad SMARTS) is 6. The number of nitrogens with zero attached hydrogens (tertiary/aromatic N) is 3. The van der Waals surface area contributed by atoms with Crippen LogP contribution in [0.25, 0.3) is 133 Å². The Hall–Kier alpha value is -11.1. The Labute approximate surface area is 825 Å². The minimum atomic E-state index is -1.14. The first kappa shape index (κ1) is 103. The zero-order valence-electron chi connectivity index (χ0n) is 79.0. The standard InChI is InChI=1S/3C34H38N4O5.In.2Na/c3*1-7-20-19(6)32-34(43)33-21(8-2)16(3)26(37-33)13-24-17(4)22(9-11-30(39)40)28(35-24)15-29-23(10-12-31(41)42)18(5)25(36-29)14-27(20)38-32;;;/h3*13-15,35-36,38H,7-12H2,1-6H3,(H,39,40)(H,41,42);;;/q;;;+3;2*+1/p-5. The first-order valence-corrected chi connectivity index (χ1v) is 44.2. The van der Waals surface area contributed by atoms with Crippen molar-refractivity contribution in [1.82, 2.24) is 59.8 Å². The molecule has 24 bridgehead atoms. The summed E-state index contributed by atoms with van der Waals surface area (Å²) in [4.78, 5) is 156. The van der Waals surface area contributed by atoms with Gasteiger partial charge in [-0.3, -0.25) is 19.2 Å². The van der Waals surface area contributed by atoms with Crippen LogP contribution in [0.3, 0.4) is 0 Å². The molecule has 0 radical (unpaired) electrons. The van der Waals surface area contributed by atoms with Crippen LogP contribution in [0.2, 0.25) is 0 Å². The summed E-state index contributed by atoms with van der Waals surface area (Å²) in [5.74, 6) is -6.60. The second-order valence-electron chi connectivity index (χ2n) is 33.9. The third-order valence-corrected chi connectivity index (χ3v) is 26.5. The maximum Gasteiger partial charge on any atom is 3.00 e. The van der Waals surface area contributed by atoms with Crippen molar-refractivity contribution in [3.05, 3.63) is 220 Å². The van der Waals surface area contributed by atoms with Crippen LogP contribution in [0.1, 0.15) is 254 Å². The molecule has 12 aromatic rings. The van der Waals surface area contributed by atoms with E-state index in [1.165, 1.54) is 0 Å². The predicted molar refractivity (Wildman–Crippen MR) is 505 cm³/mol. The predicted octanol–water partition coefficient (Wildman–Crippen LogP) is 7.20. The van der Waals surface area contributed by atoms with Gasteiger partial charge in [0.1, 0.15) is 17.1 Å². The van der Waals surface area contributed by atoms with Crippen LogP contribution >= 0.6 is 0 Å². The van der Waals surface area contributed by atoms with Gasteiger partial charge in [-0.05, 0) is 380 Å². The van der Waals surface area contributed by atoms with Crippen molar-refractivity contribution in [3.8, 4) is 0 Å². The number of allylic oxidation sites excluding steroid dienone is 6. The van der Waals surface area contributed by atoms with Crippen molar-refractivity contribution in [3.63, 3.8) is 0 Å². The number of aliphatic carboxylic acids is 6. The van der Waals surface area contributed by atoms with E-state index >= 15 is 0 Å². The van der Waals surface area contributed by atoms with Crippen LogP contribution in [0.4, 0.5) is 0 Å². The van der Waals surface area contributed by atoms with Crippen LogP contribution in [-0.4, -0.2) is 127 Å². The second-order valence-corrected chi connectivity index (χ2v) is 33.9. The molecule has 12 aromatic heterocycles. The fourth-order valence-electron chi connectivity index (χ4n) is 19.1. The van der Waals surface area contributed by atoms with Gasteiger partial charge < -0.3 is 99.5 Å². The quantitative estimate of drug-likeness (QED) is 0.0267. The molecule has 0 fully saturated rings. The molecule has 0 saturated carbocycles. The summed E-state index contributed by atoms with van der Waals surface area (Å²) in [6.07, 6.45) is 4.86. The van der Waals surface area contributed by atoms with Gasteiger partial charge in [-0.25, -0.2) is 15.0 Å². The summed E-state index contributed by atoms with van der Waals surface area (Å²) in [5.41, 5.74) is 37.2. The van der Waals surface area contributed by atoms with E-state index in [0.717, 1.165) is 205 Å². The molecule has 10 N–H and O–H groups in total. The summed E-state index contributed by atoms with van der Waals surface area (Å²) in [6.45, 7) is 35.6. The molecule has 0 saturated heterocycles. The molecule has 27 nitrogen and oxygen atoms in total. The Morgan fingerprint density at radius 1 is 0.265 bits per heavy atom. The van der Waals surface area contributed by atoms with Crippen molar-refractivity contribution < 1.29 is 119 Å². The van der Waals surface area contributed by atoms with Crippen molar-refractivity contribution in [2.24, 2.45) is 0 Å². The Morgan fingerprint density at radius 2 is 0.447 bits per heavy atom. The Balaban J connectivity index is 0.000000203. The number of carbonyl (C=O) groups is 6. The molecule has 0 atom stereocenters. The van der Waals surface area contributed by atoms with Gasteiger partial charge in [-0.2, -0.15) is 0 Å². The van der Waals surface area contributed by atoms with Gasteiger partial charge in [0.25, 0.3) is 0 Å². The van der Waals surface area contributed by atoms with Gasteiger partial charge in [-0.1, -0.05) is 41.5 Å². The first-order valence-electron chi connectivity index (χ1n) is 44.2. The summed E-state index contributed by atoms with van der Waals surface area (Å²) in [7, 11) is 0. The fraction of sp³-hybridized carbons (Fsp3) is 0.353. The summed E-state index contributed by atoms with van der Waals surface area (Å²) in [6, 6.07) is 17.4. The number of hydrogen-bond donors (Lipinski definition) is 10. The van der Waals surface area contributed by atoms with E-state index in [-0.39, 0.29) is 172 Å². The zero-order chi connectivity index (χ0) is 93.5. The van der Waals surface area contributed by atoms with Crippen LogP contribution < -0.4 is 101 Å². The average Bonchev–Trinajstić information content (AvgIpc) is 1.61. The summed E-state index contributed by atoms with van der Waals surface area (Å²) < 4.78 is 0. The molecule has 3 aliphatic rings. The first-order chi connectivity index (χ1) is 61.3. The molecule has 15 rings (SSSR count). The monoisotopic (exact) mass is 1900 g/mol. The van der Waals surface area contributed by atoms with Crippen LogP contribution in [0.5, 0.6) is 0 Å². The minimum absolute atomic E-state index is 0. The zero-order valence-corrected chi connectivity index (χ0v) is 86.3. The Bertz CT molecular complexity index is 6780. The van der Waals surface area contributed by atoms with E-state index < -0.39 is 35.8 Å². The molecule has 132 heavy (non-hydrogen) atoms. The topological polar surface area (TPSA) is 470 Å². The third-order valence-electron chi connectivity index (χ3n) is 26.5. The normalized spacial score (nSPS) is 12.1. The molecule has 0 spiro atoms. The van der Waals surface area contributed by atoms with Crippen molar-refractivity contribution in [1.29, 1.82) is 0 Å². The van der Waals surface area contributed by atoms with Crippen molar-refractivity contribution >= 4 is 194 Å². The SMILES string of the molecule is CCC1=C(C)c2cc3[nH]c(cc4[nH]c(cc5[nH]c(c(C)c5CC)c(=O)c1n2)c(C)c4CCC(=O)O)c(CCC(=O)[O-])c3C.CCC1=C(C)c2cc3[nH]c(cc4[nH]c(cc5[nH]c(c(C)c5CC)c(=O)c1n2)c(C)c4CCC(=O)[O-])c(CCC(=O)[O-])c3C.CCC1=C(C)c2cc3[nH]c(cc4[nH]c(cc5[nH]c(c(C)c5CC)c(=O)c1n2)c(C)c4CCC(=O)[O-])c(CCC(=O)[O-])c3C.[In+3].[Na+].[Na+]. The molecule has 3 aliphatic heterocycles. The maximum atomic E-state index is 14.0. The number of H-pyrrole nitrogens is 9. The minimum Gasteiger partial charge on any atom is -0.550 e. The van der Waals surface area contributed by atoms with Gasteiger partial charge in [-0.15, -0.1) is 0 Å². The molecule has 0 unspecified atom stereocenters. The molecule has 0 aliphatic carbocycles. The number of carboxylic acids is 6. The molecule has 30 heteroatoms. The van der Waals surface area contributed by atoms with E-state index in [1.54, 1.807) is 0 Å². The molecule has 15 heterocycles. The van der Waals surface area contributed by atoms with E-state index in [1.807, 2.05) is 172 Å². The van der Waals surface area contributed by atoms with Gasteiger partial charge >= 0.3 is 90.9 Å². The van der Waals surface area contributed by atoms with Crippen molar-refractivity contribution in [2.45, 2.75) is 240 Å². The average molecular weight is 1900 g/mol. The van der Waals surface area contributed by atoms with E-state index in [0.29, 0.717) is 107 Å². The summed E-state index contributed by atoms with van der Waals surface area (Å²) in [5, 5.41) is 66.6. The number of rotatable bonds is 24.